The normalized spacial score (nSPS) is 11.6. The molecule has 7 heteroatoms. The van der Waals surface area contributed by atoms with E-state index in [0.29, 0.717) is 5.75 Å². The summed E-state index contributed by atoms with van der Waals surface area (Å²) in [5.41, 5.74) is 0.955. The highest BCUT2D eigenvalue weighted by atomic mass is 16.5. The first-order valence-corrected chi connectivity index (χ1v) is 8.38. The molecule has 2 amide bonds. The van der Waals surface area contributed by atoms with E-state index in [2.05, 4.69) is 15.7 Å². The number of aromatic nitrogens is 2. The van der Waals surface area contributed by atoms with Gasteiger partial charge in [0, 0.05) is 18.3 Å². The molecule has 2 aromatic rings. The summed E-state index contributed by atoms with van der Waals surface area (Å²) < 4.78 is 7.14. The lowest BCUT2D eigenvalue weighted by atomic mass is 10.1. The Morgan fingerprint density at radius 1 is 1.20 bits per heavy atom. The molecule has 0 fully saturated rings. The molecule has 7 nitrogen and oxygen atoms in total. The fraction of sp³-hybridized carbons (Fsp3) is 0.389. The SMILES string of the molecule is CC[C@@H](NC(=O)CNC(=O)COc1ccccc1)c1cnn(CC)c1. The number of para-hydroxylation sites is 1. The van der Waals surface area contributed by atoms with Crippen LogP contribution < -0.4 is 15.4 Å². The Labute approximate surface area is 147 Å². The summed E-state index contributed by atoms with van der Waals surface area (Å²) in [6.07, 6.45) is 4.41. The Balaban J connectivity index is 1.74. The van der Waals surface area contributed by atoms with E-state index in [-0.39, 0.29) is 31.0 Å². The second-order valence-electron chi connectivity index (χ2n) is 5.54. The van der Waals surface area contributed by atoms with Crippen LogP contribution in [-0.4, -0.2) is 34.7 Å². The van der Waals surface area contributed by atoms with Crippen LogP contribution in [0.25, 0.3) is 0 Å². The number of nitrogens with zero attached hydrogens (tertiary/aromatic N) is 2. The molecule has 0 bridgehead atoms. The molecule has 1 aromatic heterocycles. The first-order valence-electron chi connectivity index (χ1n) is 8.38. The number of benzene rings is 1. The van der Waals surface area contributed by atoms with E-state index >= 15 is 0 Å². The van der Waals surface area contributed by atoms with Crippen LogP contribution in [0.4, 0.5) is 0 Å². The van der Waals surface area contributed by atoms with Gasteiger partial charge in [-0.15, -0.1) is 0 Å². The molecule has 0 aliphatic heterocycles. The van der Waals surface area contributed by atoms with E-state index in [1.54, 1.807) is 18.3 Å². The number of nitrogens with one attached hydrogen (secondary N) is 2. The molecule has 25 heavy (non-hydrogen) atoms. The molecule has 1 aromatic carbocycles. The number of ether oxygens (including phenoxy) is 1. The second kappa shape index (κ2) is 9.46. The quantitative estimate of drug-likeness (QED) is 0.724. The summed E-state index contributed by atoms with van der Waals surface area (Å²) in [5.74, 6) is 0.0242. The van der Waals surface area contributed by atoms with Gasteiger partial charge in [-0.3, -0.25) is 14.3 Å². The Hall–Kier alpha value is -2.83. The predicted octanol–water partition coefficient (Wildman–Crippen LogP) is 1.67. The lowest BCUT2D eigenvalue weighted by Crippen LogP contribution is -2.40. The molecule has 0 aliphatic rings. The number of hydrogen-bond acceptors (Lipinski definition) is 4. The van der Waals surface area contributed by atoms with Gasteiger partial charge in [-0.1, -0.05) is 25.1 Å². The third kappa shape index (κ3) is 5.95. The monoisotopic (exact) mass is 344 g/mol. The van der Waals surface area contributed by atoms with Crippen molar-refractivity contribution in [2.75, 3.05) is 13.2 Å². The van der Waals surface area contributed by atoms with Crippen LogP contribution in [0.2, 0.25) is 0 Å². The van der Waals surface area contributed by atoms with Gasteiger partial charge in [-0.25, -0.2) is 0 Å². The average Bonchev–Trinajstić information content (AvgIpc) is 3.12. The molecule has 0 aliphatic carbocycles. The summed E-state index contributed by atoms with van der Waals surface area (Å²) in [6.45, 7) is 4.55. The van der Waals surface area contributed by atoms with Gasteiger partial charge in [0.25, 0.3) is 5.91 Å². The van der Waals surface area contributed by atoms with Crippen LogP contribution in [0.1, 0.15) is 31.9 Å². The van der Waals surface area contributed by atoms with Gasteiger partial charge in [0.15, 0.2) is 6.61 Å². The van der Waals surface area contributed by atoms with E-state index in [1.165, 1.54) is 0 Å². The van der Waals surface area contributed by atoms with Gasteiger partial charge in [-0.05, 0) is 25.5 Å². The van der Waals surface area contributed by atoms with Crippen LogP contribution >= 0.6 is 0 Å². The van der Waals surface area contributed by atoms with E-state index in [1.807, 2.05) is 42.9 Å². The minimum atomic E-state index is -0.342. The van der Waals surface area contributed by atoms with Gasteiger partial charge in [0.05, 0.1) is 18.8 Å². The number of hydrogen-bond donors (Lipinski definition) is 2. The van der Waals surface area contributed by atoms with Crippen LogP contribution in [0.3, 0.4) is 0 Å². The van der Waals surface area contributed by atoms with E-state index in [9.17, 15) is 9.59 Å². The molecule has 0 saturated carbocycles. The highest BCUT2D eigenvalue weighted by Gasteiger charge is 2.15. The van der Waals surface area contributed by atoms with Crippen LogP contribution in [0, 0.1) is 0 Å². The smallest absolute Gasteiger partial charge is 0.258 e. The molecule has 1 heterocycles. The van der Waals surface area contributed by atoms with Crippen molar-refractivity contribution in [2.24, 2.45) is 0 Å². The molecule has 1 atom stereocenters. The van der Waals surface area contributed by atoms with Crippen molar-refractivity contribution < 1.29 is 14.3 Å². The molecule has 0 unspecified atom stereocenters. The predicted molar refractivity (Wildman–Crippen MR) is 94.0 cm³/mol. The summed E-state index contributed by atoms with van der Waals surface area (Å²) in [6, 6.07) is 8.93. The maximum absolute atomic E-state index is 12.0. The molecular formula is C18H24N4O3. The third-order valence-corrected chi connectivity index (χ3v) is 3.68. The van der Waals surface area contributed by atoms with Crippen molar-refractivity contribution >= 4 is 11.8 Å². The Kier molecular flexibility index (Phi) is 7.00. The number of rotatable bonds is 9. The fourth-order valence-electron chi connectivity index (χ4n) is 2.29. The van der Waals surface area contributed by atoms with Gasteiger partial charge in [0.1, 0.15) is 5.75 Å². The second-order valence-corrected chi connectivity index (χ2v) is 5.54. The zero-order chi connectivity index (χ0) is 18.1. The van der Waals surface area contributed by atoms with Crippen molar-refractivity contribution in [1.29, 1.82) is 0 Å². The minimum absolute atomic E-state index is 0.0879. The average molecular weight is 344 g/mol. The highest BCUT2D eigenvalue weighted by molar-refractivity contribution is 5.85. The fourth-order valence-corrected chi connectivity index (χ4v) is 2.29. The van der Waals surface area contributed by atoms with Gasteiger partial charge >= 0.3 is 0 Å². The maximum atomic E-state index is 12.0. The topological polar surface area (TPSA) is 85.2 Å². The van der Waals surface area contributed by atoms with E-state index in [4.69, 9.17) is 4.74 Å². The molecular weight excluding hydrogens is 320 g/mol. The van der Waals surface area contributed by atoms with E-state index < -0.39 is 0 Å². The Morgan fingerprint density at radius 3 is 2.60 bits per heavy atom. The zero-order valence-electron chi connectivity index (χ0n) is 14.6. The largest absolute Gasteiger partial charge is 0.484 e. The first kappa shape index (κ1) is 18.5. The zero-order valence-corrected chi connectivity index (χ0v) is 14.6. The molecule has 0 spiro atoms. The van der Waals surface area contributed by atoms with Crippen LogP contribution in [0.5, 0.6) is 5.75 Å². The summed E-state index contributed by atoms with van der Waals surface area (Å²) >= 11 is 0. The van der Waals surface area contributed by atoms with Crippen LogP contribution in [-0.2, 0) is 16.1 Å². The lowest BCUT2D eigenvalue weighted by Gasteiger charge is -2.15. The Bertz CT molecular complexity index is 685. The summed E-state index contributed by atoms with van der Waals surface area (Å²) in [7, 11) is 0. The van der Waals surface area contributed by atoms with Crippen molar-refractivity contribution in [1.82, 2.24) is 20.4 Å². The molecule has 134 valence electrons. The number of carbonyl (C=O) groups excluding carboxylic acids is 2. The molecule has 0 radical (unpaired) electrons. The summed E-state index contributed by atoms with van der Waals surface area (Å²) in [5, 5.41) is 9.67. The molecule has 2 N–H and O–H groups in total. The van der Waals surface area contributed by atoms with E-state index in [0.717, 1.165) is 18.5 Å². The van der Waals surface area contributed by atoms with Crippen molar-refractivity contribution in [2.45, 2.75) is 32.9 Å². The van der Waals surface area contributed by atoms with Gasteiger partial charge < -0.3 is 15.4 Å². The molecule has 0 saturated heterocycles. The highest BCUT2D eigenvalue weighted by Crippen LogP contribution is 2.15. The molecule has 2 rings (SSSR count). The number of carbonyl (C=O) groups is 2. The van der Waals surface area contributed by atoms with Crippen molar-refractivity contribution in [3.8, 4) is 5.75 Å². The van der Waals surface area contributed by atoms with Gasteiger partial charge in [0.2, 0.25) is 5.91 Å². The number of aryl methyl sites for hydroxylation is 1. The van der Waals surface area contributed by atoms with Crippen molar-refractivity contribution in [3.63, 3.8) is 0 Å². The Morgan fingerprint density at radius 2 is 1.96 bits per heavy atom. The minimum Gasteiger partial charge on any atom is -0.484 e. The third-order valence-electron chi connectivity index (χ3n) is 3.68. The van der Waals surface area contributed by atoms with Crippen molar-refractivity contribution in [3.05, 3.63) is 48.3 Å². The maximum Gasteiger partial charge on any atom is 0.258 e. The lowest BCUT2D eigenvalue weighted by molar-refractivity contribution is -0.127. The summed E-state index contributed by atoms with van der Waals surface area (Å²) in [4.78, 5) is 23.8. The first-order chi connectivity index (χ1) is 12.1. The van der Waals surface area contributed by atoms with Gasteiger partial charge in [-0.2, -0.15) is 5.10 Å². The van der Waals surface area contributed by atoms with Crippen LogP contribution in [0.15, 0.2) is 42.7 Å². The standard InChI is InChI=1S/C18H24N4O3/c1-3-16(14-10-20-22(4-2)12-14)21-17(23)11-19-18(24)13-25-15-8-6-5-7-9-15/h5-10,12,16H,3-4,11,13H2,1-2H3,(H,19,24)(H,21,23)/t16-/m1/s1. The number of amides is 2.